The lowest BCUT2D eigenvalue weighted by atomic mass is 10.5. The van der Waals surface area contributed by atoms with Crippen LogP contribution in [0.5, 0.6) is 0 Å². The van der Waals surface area contributed by atoms with Crippen molar-refractivity contribution in [3.8, 4) is 0 Å². The lowest BCUT2D eigenvalue weighted by Crippen LogP contribution is -1.90. The van der Waals surface area contributed by atoms with Gasteiger partial charge in [-0.15, -0.1) is 11.8 Å². The molecule has 2 heteroatoms. The van der Waals surface area contributed by atoms with Crippen molar-refractivity contribution in [2.45, 2.75) is 13.8 Å². The normalized spacial score (nSPS) is 12.5. The quantitative estimate of drug-likeness (QED) is 0.629. The Morgan fingerprint density at radius 1 is 1.60 bits per heavy atom. The van der Waals surface area contributed by atoms with Crippen LogP contribution in [0.2, 0.25) is 0 Å². The summed E-state index contributed by atoms with van der Waals surface area (Å²) in [5.74, 6) is 1.13. The first-order chi connectivity index (χ1) is 4.85. The zero-order valence-electron chi connectivity index (χ0n) is 6.85. The molecular weight excluding hydrogens is 142 g/mol. The third kappa shape index (κ3) is 4.50. The van der Waals surface area contributed by atoms with Crippen LogP contribution in [0, 0.1) is 0 Å². The van der Waals surface area contributed by atoms with Crippen molar-refractivity contribution >= 4 is 11.8 Å². The van der Waals surface area contributed by atoms with E-state index in [1.807, 2.05) is 25.0 Å². The Kier molecular flexibility index (Phi) is 6.50. The average molecular weight is 157 g/mol. The summed E-state index contributed by atoms with van der Waals surface area (Å²) in [5, 5.41) is 2.96. The molecule has 0 atom stereocenters. The van der Waals surface area contributed by atoms with Crippen LogP contribution < -0.4 is 5.32 Å². The van der Waals surface area contributed by atoms with Crippen LogP contribution in [0.3, 0.4) is 0 Å². The predicted octanol–water partition coefficient (Wildman–Crippen LogP) is 2.38. The highest BCUT2D eigenvalue weighted by atomic mass is 32.2. The maximum atomic E-state index is 2.96. The fourth-order valence-electron chi connectivity index (χ4n) is 0.560. The van der Waals surface area contributed by atoms with Gasteiger partial charge >= 0.3 is 0 Å². The zero-order valence-corrected chi connectivity index (χ0v) is 7.66. The van der Waals surface area contributed by atoms with Crippen molar-refractivity contribution in [3.63, 3.8) is 0 Å². The number of allylic oxidation sites excluding steroid dienone is 2. The smallest absolute Gasteiger partial charge is 0.00434 e. The number of nitrogens with one attached hydrogen (secondary N) is 1. The van der Waals surface area contributed by atoms with E-state index in [-0.39, 0.29) is 0 Å². The standard InChI is InChI=1S/C8H15NS/c1-4-8(10-5-2)6-7-9-3/h4,6-7,9H,5H2,1-3H3/b7-6-,8-4+. The topological polar surface area (TPSA) is 12.0 Å². The van der Waals surface area contributed by atoms with Crippen LogP contribution in [0.4, 0.5) is 0 Å². The second kappa shape index (κ2) is 6.75. The second-order valence-electron chi connectivity index (χ2n) is 1.75. The molecule has 58 valence electrons. The highest BCUT2D eigenvalue weighted by Crippen LogP contribution is 2.15. The SMILES string of the molecule is C/C=C(\C=C/NC)SCC. The molecule has 0 aromatic heterocycles. The van der Waals surface area contributed by atoms with Crippen LogP contribution in [-0.2, 0) is 0 Å². The molecule has 0 aromatic carbocycles. The monoisotopic (exact) mass is 157 g/mol. The molecule has 10 heavy (non-hydrogen) atoms. The van der Waals surface area contributed by atoms with E-state index in [0.29, 0.717) is 0 Å². The summed E-state index contributed by atoms with van der Waals surface area (Å²) in [6.07, 6.45) is 6.13. The van der Waals surface area contributed by atoms with E-state index in [4.69, 9.17) is 0 Å². The van der Waals surface area contributed by atoms with E-state index in [9.17, 15) is 0 Å². The summed E-state index contributed by atoms with van der Waals surface area (Å²) in [4.78, 5) is 1.32. The maximum absolute atomic E-state index is 2.96. The maximum Gasteiger partial charge on any atom is 0.00434 e. The van der Waals surface area contributed by atoms with Crippen LogP contribution in [-0.4, -0.2) is 12.8 Å². The minimum absolute atomic E-state index is 1.13. The van der Waals surface area contributed by atoms with Gasteiger partial charge < -0.3 is 5.32 Å². The number of hydrogen-bond acceptors (Lipinski definition) is 2. The van der Waals surface area contributed by atoms with Gasteiger partial charge in [-0.25, -0.2) is 0 Å². The molecule has 0 spiro atoms. The number of thioether (sulfide) groups is 1. The first-order valence-corrected chi connectivity index (χ1v) is 4.46. The summed E-state index contributed by atoms with van der Waals surface area (Å²) >= 11 is 1.85. The fourth-order valence-corrected chi connectivity index (χ4v) is 1.22. The molecular formula is C8H15NS. The Balaban J connectivity index is 3.72. The molecule has 0 aliphatic carbocycles. The van der Waals surface area contributed by atoms with Gasteiger partial charge in [0.25, 0.3) is 0 Å². The van der Waals surface area contributed by atoms with Crippen LogP contribution >= 0.6 is 11.8 Å². The zero-order chi connectivity index (χ0) is 7.82. The first-order valence-electron chi connectivity index (χ1n) is 3.48. The van der Waals surface area contributed by atoms with Gasteiger partial charge in [0.2, 0.25) is 0 Å². The molecule has 0 aromatic rings. The highest BCUT2D eigenvalue weighted by molar-refractivity contribution is 8.03. The molecule has 0 saturated heterocycles. The molecule has 0 unspecified atom stereocenters. The molecule has 1 nitrogen and oxygen atoms in total. The fraction of sp³-hybridized carbons (Fsp3) is 0.500. The summed E-state index contributed by atoms with van der Waals surface area (Å²) < 4.78 is 0. The van der Waals surface area contributed by atoms with Crippen molar-refractivity contribution in [2.24, 2.45) is 0 Å². The predicted molar refractivity (Wildman–Crippen MR) is 50.1 cm³/mol. The minimum Gasteiger partial charge on any atom is -0.394 e. The molecule has 0 aliphatic rings. The van der Waals surface area contributed by atoms with Gasteiger partial charge in [0, 0.05) is 12.0 Å². The van der Waals surface area contributed by atoms with Gasteiger partial charge in [-0.3, -0.25) is 0 Å². The lowest BCUT2D eigenvalue weighted by Gasteiger charge is -1.95. The summed E-state index contributed by atoms with van der Waals surface area (Å²) in [5.41, 5.74) is 0. The lowest BCUT2D eigenvalue weighted by molar-refractivity contribution is 1.10. The molecule has 0 radical (unpaired) electrons. The minimum atomic E-state index is 1.13. The van der Waals surface area contributed by atoms with Crippen molar-refractivity contribution in [2.75, 3.05) is 12.8 Å². The molecule has 0 saturated carbocycles. The van der Waals surface area contributed by atoms with Crippen LogP contribution in [0.25, 0.3) is 0 Å². The van der Waals surface area contributed by atoms with Gasteiger partial charge in [0.15, 0.2) is 0 Å². The van der Waals surface area contributed by atoms with Gasteiger partial charge in [0.05, 0.1) is 0 Å². The molecule has 0 rings (SSSR count). The average Bonchev–Trinajstić information content (AvgIpc) is 1.98. The van der Waals surface area contributed by atoms with Crippen LogP contribution in [0.1, 0.15) is 13.8 Å². The van der Waals surface area contributed by atoms with E-state index >= 15 is 0 Å². The van der Waals surface area contributed by atoms with Crippen molar-refractivity contribution in [1.29, 1.82) is 0 Å². The Morgan fingerprint density at radius 2 is 2.30 bits per heavy atom. The van der Waals surface area contributed by atoms with Crippen molar-refractivity contribution in [3.05, 3.63) is 23.3 Å². The van der Waals surface area contributed by atoms with Gasteiger partial charge in [0.1, 0.15) is 0 Å². The van der Waals surface area contributed by atoms with E-state index < -0.39 is 0 Å². The number of rotatable bonds is 4. The molecule has 0 aliphatic heterocycles. The Hall–Kier alpha value is -0.370. The molecule has 0 fully saturated rings. The number of hydrogen-bond donors (Lipinski definition) is 1. The van der Waals surface area contributed by atoms with Crippen molar-refractivity contribution in [1.82, 2.24) is 5.32 Å². The highest BCUT2D eigenvalue weighted by Gasteiger charge is 1.85. The Bertz CT molecular complexity index is 127. The van der Waals surface area contributed by atoms with E-state index in [1.165, 1.54) is 4.91 Å². The molecule has 0 heterocycles. The third-order valence-corrected chi connectivity index (χ3v) is 2.00. The summed E-state index contributed by atoms with van der Waals surface area (Å²) in [7, 11) is 1.90. The van der Waals surface area contributed by atoms with Gasteiger partial charge in [-0.2, -0.15) is 0 Å². The Morgan fingerprint density at radius 3 is 2.70 bits per heavy atom. The first kappa shape index (κ1) is 9.63. The second-order valence-corrected chi connectivity index (χ2v) is 3.08. The Labute approximate surface area is 67.6 Å². The van der Waals surface area contributed by atoms with Crippen LogP contribution in [0.15, 0.2) is 23.3 Å². The van der Waals surface area contributed by atoms with E-state index in [2.05, 4.69) is 31.3 Å². The third-order valence-electron chi connectivity index (χ3n) is 1.01. The molecule has 0 bridgehead atoms. The van der Waals surface area contributed by atoms with Crippen molar-refractivity contribution < 1.29 is 0 Å². The summed E-state index contributed by atoms with van der Waals surface area (Å²) in [6.45, 7) is 4.21. The van der Waals surface area contributed by atoms with Gasteiger partial charge in [-0.1, -0.05) is 13.0 Å². The summed E-state index contributed by atoms with van der Waals surface area (Å²) in [6, 6.07) is 0. The largest absolute Gasteiger partial charge is 0.394 e. The van der Waals surface area contributed by atoms with Gasteiger partial charge in [-0.05, 0) is 25.0 Å². The molecule has 1 N–H and O–H groups in total. The van der Waals surface area contributed by atoms with E-state index in [1.54, 1.807) is 0 Å². The van der Waals surface area contributed by atoms with E-state index in [0.717, 1.165) is 5.75 Å². The molecule has 0 amide bonds.